The number of aromatic nitrogens is 2. The van der Waals surface area contributed by atoms with Gasteiger partial charge in [-0.2, -0.15) is 4.31 Å². The second-order valence-corrected chi connectivity index (χ2v) is 7.55. The normalized spacial score (nSPS) is 19.3. The molecule has 24 heavy (non-hydrogen) atoms. The number of morpholine rings is 1. The zero-order valence-electron chi connectivity index (χ0n) is 13.4. The number of nitrogens with zero attached hydrogens (tertiary/aromatic N) is 3. The van der Waals surface area contributed by atoms with Crippen LogP contribution in [-0.4, -0.2) is 48.2 Å². The van der Waals surface area contributed by atoms with Crippen molar-refractivity contribution < 1.29 is 17.6 Å². The smallest absolute Gasteiger partial charge is 0.214 e. The summed E-state index contributed by atoms with van der Waals surface area (Å²) in [4.78, 5) is 8.69. The van der Waals surface area contributed by atoms with E-state index >= 15 is 0 Å². The lowest BCUT2D eigenvalue weighted by molar-refractivity contribution is 0.0291. The minimum absolute atomic E-state index is 0.0416. The molecule has 9 heteroatoms. The van der Waals surface area contributed by atoms with Crippen LogP contribution in [0.3, 0.4) is 0 Å². The molecule has 1 N–H and O–H groups in total. The van der Waals surface area contributed by atoms with E-state index in [-0.39, 0.29) is 12.4 Å². The summed E-state index contributed by atoms with van der Waals surface area (Å²) < 4.78 is 36.7. The van der Waals surface area contributed by atoms with Gasteiger partial charge in [-0.15, -0.1) is 0 Å². The van der Waals surface area contributed by atoms with Gasteiger partial charge in [-0.25, -0.2) is 18.4 Å². The highest BCUT2D eigenvalue weighted by Crippen LogP contribution is 2.25. The first-order valence-corrected chi connectivity index (χ1v) is 9.37. The maximum atomic E-state index is 12.3. The van der Waals surface area contributed by atoms with Crippen LogP contribution in [0.5, 0.6) is 0 Å². The average molecular weight is 352 g/mol. The predicted octanol–water partition coefficient (Wildman–Crippen LogP) is 1.40. The zero-order valence-corrected chi connectivity index (χ0v) is 14.2. The fraction of sp³-hybridized carbons (Fsp3) is 0.467. The maximum absolute atomic E-state index is 12.3. The van der Waals surface area contributed by atoms with E-state index in [0.29, 0.717) is 31.3 Å². The molecule has 0 aromatic carbocycles. The van der Waals surface area contributed by atoms with Gasteiger partial charge in [-0.05, 0) is 25.1 Å². The summed E-state index contributed by atoms with van der Waals surface area (Å²) in [7, 11) is -3.34. The van der Waals surface area contributed by atoms with E-state index < -0.39 is 16.1 Å². The SMILES string of the molecule is CCS(=O)(=O)N1CCOC[C@@H]1c1nccc(NCc2ccco2)n1. The van der Waals surface area contributed by atoms with Gasteiger partial charge in [0.15, 0.2) is 5.82 Å². The number of ether oxygens (including phenoxy) is 1. The quantitative estimate of drug-likeness (QED) is 0.839. The topological polar surface area (TPSA) is 97.6 Å². The third kappa shape index (κ3) is 3.74. The molecule has 1 atom stereocenters. The molecule has 0 amide bonds. The van der Waals surface area contributed by atoms with Crippen LogP contribution >= 0.6 is 0 Å². The van der Waals surface area contributed by atoms with Gasteiger partial charge in [0.2, 0.25) is 10.0 Å². The molecule has 130 valence electrons. The molecule has 8 nitrogen and oxygen atoms in total. The van der Waals surface area contributed by atoms with Crippen LogP contribution in [0.4, 0.5) is 5.82 Å². The van der Waals surface area contributed by atoms with Crippen LogP contribution in [0.25, 0.3) is 0 Å². The number of sulfonamides is 1. The largest absolute Gasteiger partial charge is 0.467 e. The van der Waals surface area contributed by atoms with Crippen LogP contribution in [0.1, 0.15) is 24.6 Å². The highest BCUT2D eigenvalue weighted by atomic mass is 32.2. The van der Waals surface area contributed by atoms with E-state index in [1.54, 1.807) is 25.5 Å². The lowest BCUT2D eigenvalue weighted by Crippen LogP contribution is -2.44. The summed E-state index contributed by atoms with van der Waals surface area (Å²) in [5.74, 6) is 1.86. The Kier molecular flexibility index (Phi) is 5.12. The monoisotopic (exact) mass is 352 g/mol. The lowest BCUT2D eigenvalue weighted by Gasteiger charge is -2.33. The number of rotatable bonds is 6. The van der Waals surface area contributed by atoms with Crippen LogP contribution in [0.2, 0.25) is 0 Å². The molecular weight excluding hydrogens is 332 g/mol. The summed E-state index contributed by atoms with van der Waals surface area (Å²) in [6, 6.07) is 4.90. The molecule has 0 saturated carbocycles. The molecule has 2 aromatic heterocycles. The van der Waals surface area contributed by atoms with Crippen molar-refractivity contribution >= 4 is 15.8 Å². The Labute approximate surface area is 140 Å². The Morgan fingerprint density at radius 1 is 1.42 bits per heavy atom. The van der Waals surface area contributed by atoms with Gasteiger partial charge in [0.1, 0.15) is 17.6 Å². The second kappa shape index (κ2) is 7.29. The Hall–Kier alpha value is -1.97. The first-order valence-electron chi connectivity index (χ1n) is 7.76. The Bertz CT molecular complexity index is 764. The molecular formula is C15H20N4O4S. The molecule has 0 bridgehead atoms. The van der Waals surface area contributed by atoms with E-state index in [4.69, 9.17) is 9.15 Å². The molecule has 0 aliphatic carbocycles. The number of hydrogen-bond donors (Lipinski definition) is 1. The van der Waals surface area contributed by atoms with Gasteiger partial charge in [0.25, 0.3) is 0 Å². The number of anilines is 1. The Balaban J connectivity index is 1.78. The van der Waals surface area contributed by atoms with Gasteiger partial charge >= 0.3 is 0 Å². The fourth-order valence-electron chi connectivity index (χ4n) is 2.51. The van der Waals surface area contributed by atoms with E-state index in [9.17, 15) is 8.42 Å². The third-order valence-electron chi connectivity index (χ3n) is 3.80. The molecule has 0 radical (unpaired) electrons. The minimum Gasteiger partial charge on any atom is -0.467 e. The molecule has 0 unspecified atom stereocenters. The number of furan rings is 1. The van der Waals surface area contributed by atoms with Crippen molar-refractivity contribution in [2.24, 2.45) is 0 Å². The second-order valence-electron chi connectivity index (χ2n) is 5.33. The van der Waals surface area contributed by atoms with E-state index in [0.717, 1.165) is 5.76 Å². The first kappa shape index (κ1) is 16.9. The van der Waals surface area contributed by atoms with Crippen molar-refractivity contribution in [3.05, 3.63) is 42.2 Å². The van der Waals surface area contributed by atoms with Gasteiger partial charge < -0.3 is 14.5 Å². The molecule has 1 aliphatic rings. The average Bonchev–Trinajstić information content (AvgIpc) is 3.14. The summed E-state index contributed by atoms with van der Waals surface area (Å²) >= 11 is 0. The van der Waals surface area contributed by atoms with Gasteiger partial charge in [0.05, 0.1) is 31.8 Å². The number of nitrogens with one attached hydrogen (secondary N) is 1. The van der Waals surface area contributed by atoms with Crippen LogP contribution in [0, 0.1) is 0 Å². The van der Waals surface area contributed by atoms with Crippen molar-refractivity contribution in [1.29, 1.82) is 0 Å². The summed E-state index contributed by atoms with van der Waals surface area (Å²) in [5, 5.41) is 3.14. The van der Waals surface area contributed by atoms with Crippen molar-refractivity contribution in [2.75, 3.05) is 30.8 Å². The molecule has 0 spiro atoms. The lowest BCUT2D eigenvalue weighted by atomic mass is 10.2. The van der Waals surface area contributed by atoms with Crippen LogP contribution in [-0.2, 0) is 21.3 Å². The molecule has 3 rings (SSSR count). The Morgan fingerprint density at radius 2 is 2.29 bits per heavy atom. The van der Waals surface area contributed by atoms with Crippen molar-refractivity contribution in [3.63, 3.8) is 0 Å². The van der Waals surface area contributed by atoms with Crippen molar-refractivity contribution in [2.45, 2.75) is 19.5 Å². The molecule has 1 aliphatic heterocycles. The number of hydrogen-bond acceptors (Lipinski definition) is 7. The van der Waals surface area contributed by atoms with E-state index in [1.807, 2.05) is 12.1 Å². The molecule has 2 aromatic rings. The fourth-order valence-corrected chi connectivity index (χ4v) is 3.74. The van der Waals surface area contributed by atoms with E-state index in [1.165, 1.54) is 4.31 Å². The van der Waals surface area contributed by atoms with Crippen molar-refractivity contribution in [3.8, 4) is 0 Å². The van der Waals surface area contributed by atoms with Gasteiger partial charge in [-0.1, -0.05) is 0 Å². The van der Waals surface area contributed by atoms with Crippen LogP contribution in [0.15, 0.2) is 35.1 Å². The molecule has 1 saturated heterocycles. The highest BCUT2D eigenvalue weighted by molar-refractivity contribution is 7.89. The maximum Gasteiger partial charge on any atom is 0.214 e. The van der Waals surface area contributed by atoms with Crippen molar-refractivity contribution in [1.82, 2.24) is 14.3 Å². The van der Waals surface area contributed by atoms with E-state index in [2.05, 4.69) is 15.3 Å². The molecule has 1 fully saturated rings. The third-order valence-corrected chi connectivity index (χ3v) is 5.68. The highest BCUT2D eigenvalue weighted by Gasteiger charge is 2.34. The van der Waals surface area contributed by atoms with Gasteiger partial charge in [0, 0.05) is 12.7 Å². The van der Waals surface area contributed by atoms with Gasteiger partial charge in [-0.3, -0.25) is 0 Å². The summed E-state index contributed by atoms with van der Waals surface area (Å²) in [6.45, 7) is 3.06. The zero-order chi connectivity index (χ0) is 17.0. The minimum atomic E-state index is -3.34. The summed E-state index contributed by atoms with van der Waals surface area (Å²) in [6.07, 6.45) is 3.22. The summed E-state index contributed by atoms with van der Waals surface area (Å²) in [5.41, 5.74) is 0. The Morgan fingerprint density at radius 3 is 3.04 bits per heavy atom. The molecule has 3 heterocycles. The first-order chi connectivity index (χ1) is 11.6. The predicted molar refractivity (Wildman–Crippen MR) is 87.8 cm³/mol. The standard InChI is InChI=1S/C15H20N4O4S/c1-2-24(20,21)19-7-9-22-11-13(19)15-16-6-5-14(18-15)17-10-12-4-3-8-23-12/h3-6,8,13H,2,7,9-11H2,1H3,(H,16,17,18)/t13-/m1/s1. The van der Waals surface area contributed by atoms with Crippen LogP contribution < -0.4 is 5.32 Å².